The summed E-state index contributed by atoms with van der Waals surface area (Å²) >= 11 is 3.02. The summed E-state index contributed by atoms with van der Waals surface area (Å²) in [6.45, 7) is 2.27. The van der Waals surface area contributed by atoms with Gasteiger partial charge in [0.15, 0.2) is 0 Å². The van der Waals surface area contributed by atoms with Crippen LogP contribution in [-0.4, -0.2) is 35.2 Å². The van der Waals surface area contributed by atoms with E-state index < -0.39 is 6.04 Å². The summed E-state index contributed by atoms with van der Waals surface area (Å²) in [6, 6.07) is 9.27. The highest BCUT2D eigenvalue weighted by Gasteiger charge is 2.43. The number of carbonyl (C=O) groups excluding carboxylic acids is 2. The summed E-state index contributed by atoms with van der Waals surface area (Å²) in [7, 11) is 0. The van der Waals surface area contributed by atoms with Crippen molar-refractivity contribution in [2.75, 3.05) is 12.4 Å². The van der Waals surface area contributed by atoms with Crippen molar-refractivity contribution < 1.29 is 18.7 Å². The molecule has 0 bridgehead atoms. The fraction of sp³-hybridized carbons (Fsp3) is 0.368. The zero-order valence-corrected chi connectivity index (χ0v) is 16.0. The third-order valence-corrected chi connectivity index (χ3v) is 6.27. The number of benzene rings is 1. The molecule has 1 aliphatic heterocycles. The molecule has 1 fully saturated rings. The number of halogens is 1. The van der Waals surface area contributed by atoms with Crippen LogP contribution in [0, 0.1) is 5.82 Å². The molecule has 0 radical (unpaired) electrons. The number of thioether (sulfide) groups is 1. The van der Waals surface area contributed by atoms with Gasteiger partial charge in [0.05, 0.1) is 13.0 Å². The Morgan fingerprint density at radius 2 is 2.04 bits per heavy atom. The van der Waals surface area contributed by atoms with Crippen molar-refractivity contribution in [2.45, 2.75) is 31.2 Å². The molecule has 26 heavy (non-hydrogen) atoms. The predicted molar refractivity (Wildman–Crippen MR) is 102 cm³/mol. The zero-order chi connectivity index (χ0) is 18.5. The summed E-state index contributed by atoms with van der Waals surface area (Å²) in [5.74, 6) is -0.346. The maximum atomic E-state index is 13.3. The van der Waals surface area contributed by atoms with E-state index in [0.717, 1.165) is 16.9 Å². The van der Waals surface area contributed by atoms with Crippen molar-refractivity contribution in [3.05, 3.63) is 58.0 Å². The van der Waals surface area contributed by atoms with Crippen molar-refractivity contribution in [3.63, 3.8) is 0 Å². The van der Waals surface area contributed by atoms with Gasteiger partial charge in [-0.2, -0.15) is 0 Å². The Bertz CT molecular complexity index is 749. The van der Waals surface area contributed by atoms with E-state index in [1.54, 1.807) is 17.0 Å². The standard InChI is InChI=1S/C19H20FNO3S2/c1-2-9-24-19(23)16-12-26-18(13-5-7-14(20)8-6-13)21(16)17(22)11-15-4-3-10-25-15/h3-8,10,16,18H,2,9,11-12H2,1H3. The number of carbonyl (C=O) groups is 2. The lowest BCUT2D eigenvalue weighted by atomic mass is 10.1. The second-order valence-corrected chi connectivity index (χ2v) is 8.12. The minimum Gasteiger partial charge on any atom is -0.464 e. The van der Waals surface area contributed by atoms with Gasteiger partial charge in [0.25, 0.3) is 0 Å². The number of thiophene rings is 1. The van der Waals surface area contributed by atoms with E-state index in [1.165, 1.54) is 35.2 Å². The molecule has 2 heterocycles. The van der Waals surface area contributed by atoms with Gasteiger partial charge in [-0.1, -0.05) is 25.1 Å². The minimum atomic E-state index is -0.617. The van der Waals surface area contributed by atoms with Crippen LogP contribution in [0.25, 0.3) is 0 Å². The summed E-state index contributed by atoms with van der Waals surface area (Å²) in [4.78, 5) is 28.0. The van der Waals surface area contributed by atoms with E-state index in [4.69, 9.17) is 4.74 Å². The Kier molecular flexibility index (Phi) is 6.32. The number of rotatable bonds is 6. The van der Waals surface area contributed by atoms with Crippen LogP contribution in [0.1, 0.15) is 29.2 Å². The van der Waals surface area contributed by atoms with Gasteiger partial charge < -0.3 is 9.64 Å². The summed E-state index contributed by atoms with van der Waals surface area (Å²) in [5.41, 5.74) is 0.807. The highest BCUT2D eigenvalue weighted by molar-refractivity contribution is 7.99. The number of hydrogen-bond donors (Lipinski definition) is 0. The third-order valence-electron chi connectivity index (χ3n) is 4.07. The summed E-state index contributed by atoms with van der Waals surface area (Å²) in [5, 5.41) is 1.61. The molecule has 3 rings (SSSR count). The van der Waals surface area contributed by atoms with E-state index in [0.29, 0.717) is 12.4 Å². The molecule has 1 amide bonds. The van der Waals surface area contributed by atoms with E-state index in [1.807, 2.05) is 24.4 Å². The van der Waals surface area contributed by atoms with Gasteiger partial charge >= 0.3 is 5.97 Å². The lowest BCUT2D eigenvalue weighted by molar-refractivity contribution is -0.154. The van der Waals surface area contributed by atoms with Crippen molar-refractivity contribution in [1.82, 2.24) is 4.90 Å². The molecule has 1 aromatic heterocycles. The smallest absolute Gasteiger partial charge is 0.329 e. The van der Waals surface area contributed by atoms with Gasteiger partial charge in [0.2, 0.25) is 5.91 Å². The molecule has 0 spiro atoms. The second-order valence-electron chi connectivity index (χ2n) is 5.98. The van der Waals surface area contributed by atoms with Crippen molar-refractivity contribution in [1.29, 1.82) is 0 Å². The number of ether oxygens (including phenoxy) is 1. The molecular weight excluding hydrogens is 373 g/mol. The topological polar surface area (TPSA) is 46.6 Å². The van der Waals surface area contributed by atoms with Crippen LogP contribution in [0.4, 0.5) is 4.39 Å². The summed E-state index contributed by atoms with van der Waals surface area (Å²) < 4.78 is 18.6. The number of esters is 1. The van der Waals surface area contributed by atoms with Crippen LogP contribution in [0.3, 0.4) is 0 Å². The molecule has 2 aromatic rings. The van der Waals surface area contributed by atoms with Crippen LogP contribution in [0.2, 0.25) is 0 Å². The Morgan fingerprint density at radius 3 is 2.69 bits per heavy atom. The van der Waals surface area contributed by atoms with E-state index in [9.17, 15) is 14.0 Å². The maximum absolute atomic E-state index is 13.3. The average Bonchev–Trinajstić information content (AvgIpc) is 3.29. The highest BCUT2D eigenvalue weighted by Crippen LogP contribution is 2.42. The number of hydrogen-bond acceptors (Lipinski definition) is 5. The lowest BCUT2D eigenvalue weighted by Crippen LogP contribution is -2.44. The molecule has 0 saturated carbocycles. The Balaban J connectivity index is 1.84. The van der Waals surface area contributed by atoms with Crippen LogP contribution in [-0.2, 0) is 20.7 Å². The Morgan fingerprint density at radius 1 is 1.27 bits per heavy atom. The molecule has 2 atom stereocenters. The molecule has 0 N–H and O–H groups in total. The second kappa shape index (κ2) is 8.68. The Hall–Kier alpha value is -1.86. The SMILES string of the molecule is CCCOC(=O)C1CSC(c2ccc(F)cc2)N1C(=O)Cc1cccs1. The van der Waals surface area contributed by atoms with Gasteiger partial charge in [0, 0.05) is 10.6 Å². The first-order valence-electron chi connectivity index (χ1n) is 8.47. The molecule has 138 valence electrons. The number of nitrogens with zero attached hydrogens (tertiary/aromatic N) is 1. The first kappa shape index (κ1) is 18.9. The molecule has 4 nitrogen and oxygen atoms in total. The Labute approximate surface area is 160 Å². The van der Waals surface area contributed by atoms with Gasteiger partial charge in [0.1, 0.15) is 17.2 Å². The number of amides is 1. The third kappa shape index (κ3) is 4.27. The van der Waals surface area contributed by atoms with Gasteiger partial charge in [-0.25, -0.2) is 9.18 Å². The molecule has 1 saturated heterocycles. The summed E-state index contributed by atoms with van der Waals surface area (Å²) in [6.07, 6.45) is 0.976. The fourth-order valence-corrected chi connectivity index (χ4v) is 4.96. The molecule has 7 heteroatoms. The van der Waals surface area contributed by atoms with Gasteiger partial charge in [-0.05, 0) is 35.6 Å². The van der Waals surface area contributed by atoms with E-state index in [2.05, 4.69) is 0 Å². The highest BCUT2D eigenvalue weighted by atomic mass is 32.2. The van der Waals surface area contributed by atoms with Crippen LogP contribution >= 0.6 is 23.1 Å². The van der Waals surface area contributed by atoms with Gasteiger partial charge in [-0.3, -0.25) is 4.79 Å². The van der Waals surface area contributed by atoms with Gasteiger partial charge in [-0.15, -0.1) is 23.1 Å². The average molecular weight is 394 g/mol. The largest absolute Gasteiger partial charge is 0.464 e. The van der Waals surface area contributed by atoms with Crippen LogP contribution in [0.5, 0.6) is 0 Å². The predicted octanol–water partition coefficient (Wildman–Crippen LogP) is 4.03. The van der Waals surface area contributed by atoms with Crippen molar-refractivity contribution >= 4 is 35.0 Å². The van der Waals surface area contributed by atoms with Crippen molar-refractivity contribution in [2.24, 2.45) is 0 Å². The quantitative estimate of drug-likeness (QED) is 0.696. The fourth-order valence-electron chi connectivity index (χ4n) is 2.83. The molecule has 0 aliphatic carbocycles. The van der Waals surface area contributed by atoms with E-state index >= 15 is 0 Å². The molecule has 2 unspecified atom stereocenters. The van der Waals surface area contributed by atoms with Crippen molar-refractivity contribution in [3.8, 4) is 0 Å². The maximum Gasteiger partial charge on any atom is 0.329 e. The van der Waals surface area contributed by atoms with E-state index in [-0.39, 0.29) is 29.5 Å². The zero-order valence-electron chi connectivity index (χ0n) is 14.4. The van der Waals surface area contributed by atoms with Crippen LogP contribution < -0.4 is 0 Å². The monoisotopic (exact) mass is 393 g/mol. The molecule has 1 aromatic carbocycles. The van der Waals surface area contributed by atoms with Crippen LogP contribution in [0.15, 0.2) is 41.8 Å². The molecule has 1 aliphatic rings. The minimum absolute atomic E-state index is 0.120. The molecular formula is C19H20FNO3S2. The lowest BCUT2D eigenvalue weighted by Gasteiger charge is -2.28. The first-order valence-corrected chi connectivity index (χ1v) is 10.4. The normalized spacial score (nSPS) is 19.5. The first-order chi connectivity index (χ1) is 12.6.